The van der Waals surface area contributed by atoms with E-state index in [9.17, 15) is 18.0 Å². The van der Waals surface area contributed by atoms with Crippen LogP contribution in [0.2, 0.25) is 0 Å². The van der Waals surface area contributed by atoms with Gasteiger partial charge in [0, 0.05) is 24.5 Å². The van der Waals surface area contributed by atoms with Crippen molar-refractivity contribution in [3.05, 3.63) is 24.0 Å². The number of ketones is 1. The van der Waals surface area contributed by atoms with E-state index in [0.29, 0.717) is 12.5 Å². The molecule has 0 saturated carbocycles. The van der Waals surface area contributed by atoms with Gasteiger partial charge in [0.05, 0.1) is 0 Å². The first-order valence-corrected chi connectivity index (χ1v) is 5.12. The monoisotopic (exact) mass is 233 g/mol. The molecule has 0 saturated heterocycles. The zero-order chi connectivity index (χ0) is 12.3. The molecule has 0 amide bonds. The lowest BCUT2D eigenvalue weighted by molar-refractivity contribution is -0.0885. The highest BCUT2D eigenvalue weighted by molar-refractivity contribution is 6.00. The predicted molar refractivity (Wildman–Crippen MR) is 54.3 cm³/mol. The summed E-state index contributed by atoms with van der Waals surface area (Å²) in [6.45, 7) is 4.64. The van der Waals surface area contributed by atoms with Crippen LogP contribution >= 0.6 is 0 Å². The molecule has 0 aliphatic heterocycles. The maximum Gasteiger partial charge on any atom is 0.454 e. The van der Waals surface area contributed by atoms with Crippen molar-refractivity contribution in [2.45, 2.75) is 33.0 Å². The van der Waals surface area contributed by atoms with E-state index in [1.54, 1.807) is 4.57 Å². The van der Waals surface area contributed by atoms with Gasteiger partial charge < -0.3 is 4.57 Å². The average molecular weight is 233 g/mol. The number of carbonyl (C=O) groups excluding carboxylic acids is 1. The summed E-state index contributed by atoms with van der Waals surface area (Å²) in [6, 6.07) is 1.21. The Morgan fingerprint density at radius 3 is 2.62 bits per heavy atom. The van der Waals surface area contributed by atoms with Crippen LogP contribution in [-0.4, -0.2) is 16.5 Å². The highest BCUT2D eigenvalue weighted by Crippen LogP contribution is 2.21. The van der Waals surface area contributed by atoms with Crippen LogP contribution in [0.5, 0.6) is 0 Å². The predicted octanol–water partition coefficient (Wildman–Crippen LogP) is 3.28. The topological polar surface area (TPSA) is 22.0 Å². The first kappa shape index (κ1) is 12.8. The maximum absolute atomic E-state index is 12.1. The highest BCUT2D eigenvalue weighted by atomic mass is 19.4. The molecule has 0 bridgehead atoms. The second-order valence-electron chi connectivity index (χ2n) is 3.94. The second kappa shape index (κ2) is 4.72. The van der Waals surface area contributed by atoms with E-state index in [-0.39, 0.29) is 5.56 Å². The molecule has 5 heteroatoms. The maximum atomic E-state index is 12.1. The molecule has 1 rings (SSSR count). The van der Waals surface area contributed by atoms with Gasteiger partial charge in [-0.3, -0.25) is 4.79 Å². The van der Waals surface area contributed by atoms with Gasteiger partial charge in [0.25, 0.3) is 5.78 Å². The third-order valence-corrected chi connectivity index (χ3v) is 2.49. The number of carbonyl (C=O) groups is 1. The summed E-state index contributed by atoms with van der Waals surface area (Å²) < 4.78 is 38.0. The Hall–Kier alpha value is -1.26. The molecular weight excluding hydrogens is 219 g/mol. The van der Waals surface area contributed by atoms with Gasteiger partial charge in [-0.15, -0.1) is 0 Å². The van der Waals surface area contributed by atoms with E-state index in [1.165, 1.54) is 18.5 Å². The van der Waals surface area contributed by atoms with Crippen LogP contribution in [0, 0.1) is 5.92 Å². The van der Waals surface area contributed by atoms with E-state index < -0.39 is 12.0 Å². The van der Waals surface area contributed by atoms with E-state index in [1.807, 2.05) is 13.8 Å². The van der Waals surface area contributed by atoms with Crippen LogP contribution in [-0.2, 0) is 6.54 Å². The standard InChI is InChI=1S/C11H14F3NO/c1-3-8(2)6-15-5-4-9(7-15)10(16)11(12,13)14/h4-5,7-8H,3,6H2,1-2H3. The van der Waals surface area contributed by atoms with Crippen molar-refractivity contribution >= 4 is 5.78 Å². The summed E-state index contributed by atoms with van der Waals surface area (Å²) in [7, 11) is 0. The number of rotatable bonds is 4. The van der Waals surface area contributed by atoms with Crippen molar-refractivity contribution in [1.82, 2.24) is 4.57 Å². The van der Waals surface area contributed by atoms with Gasteiger partial charge in [0.15, 0.2) is 0 Å². The van der Waals surface area contributed by atoms with E-state index in [0.717, 1.165) is 6.42 Å². The minimum atomic E-state index is -4.79. The van der Waals surface area contributed by atoms with Crippen LogP contribution < -0.4 is 0 Å². The lowest BCUT2D eigenvalue weighted by Crippen LogP contribution is -2.22. The summed E-state index contributed by atoms with van der Waals surface area (Å²) in [5.74, 6) is -1.41. The molecule has 16 heavy (non-hydrogen) atoms. The van der Waals surface area contributed by atoms with Gasteiger partial charge in [0.1, 0.15) is 0 Å². The summed E-state index contributed by atoms with van der Waals surface area (Å²) >= 11 is 0. The second-order valence-corrected chi connectivity index (χ2v) is 3.94. The van der Waals surface area contributed by atoms with Crippen molar-refractivity contribution < 1.29 is 18.0 Å². The molecule has 0 N–H and O–H groups in total. The lowest BCUT2D eigenvalue weighted by atomic mass is 10.1. The van der Waals surface area contributed by atoms with Crippen molar-refractivity contribution in [3.63, 3.8) is 0 Å². The molecule has 1 aromatic heterocycles. The molecule has 1 aromatic rings. The smallest absolute Gasteiger partial charge is 0.353 e. The SMILES string of the molecule is CCC(C)Cn1ccc(C(=O)C(F)(F)F)c1. The molecule has 1 unspecified atom stereocenters. The van der Waals surface area contributed by atoms with Crippen molar-refractivity contribution in [2.75, 3.05) is 0 Å². The van der Waals surface area contributed by atoms with Crippen LogP contribution in [0.1, 0.15) is 30.6 Å². The Labute approximate surface area is 92.1 Å². The van der Waals surface area contributed by atoms with Crippen molar-refractivity contribution in [1.29, 1.82) is 0 Å². The normalized spacial score (nSPS) is 13.8. The third-order valence-electron chi connectivity index (χ3n) is 2.49. The van der Waals surface area contributed by atoms with Crippen LogP contribution in [0.4, 0.5) is 13.2 Å². The Morgan fingerprint density at radius 1 is 1.50 bits per heavy atom. The fraction of sp³-hybridized carbons (Fsp3) is 0.545. The zero-order valence-electron chi connectivity index (χ0n) is 9.21. The molecule has 0 radical (unpaired) electrons. The zero-order valence-corrected chi connectivity index (χ0v) is 9.21. The largest absolute Gasteiger partial charge is 0.454 e. The van der Waals surface area contributed by atoms with Gasteiger partial charge >= 0.3 is 6.18 Å². The molecule has 0 aliphatic rings. The number of aromatic nitrogens is 1. The number of alkyl halides is 3. The molecule has 0 spiro atoms. The molecule has 1 atom stereocenters. The molecule has 1 heterocycles. The number of halogens is 3. The Kier molecular flexibility index (Phi) is 3.78. The average Bonchev–Trinajstić information content (AvgIpc) is 2.63. The molecule has 2 nitrogen and oxygen atoms in total. The fourth-order valence-electron chi connectivity index (χ4n) is 1.34. The van der Waals surface area contributed by atoms with Gasteiger partial charge in [0.2, 0.25) is 0 Å². The summed E-state index contributed by atoms with van der Waals surface area (Å²) in [6.07, 6.45) is -1.09. The van der Waals surface area contributed by atoms with E-state index in [2.05, 4.69) is 0 Å². The summed E-state index contributed by atoms with van der Waals surface area (Å²) in [5, 5.41) is 0. The molecule has 90 valence electrons. The quantitative estimate of drug-likeness (QED) is 0.731. The Balaban J connectivity index is 2.76. The summed E-state index contributed by atoms with van der Waals surface area (Å²) in [5.41, 5.74) is -0.296. The van der Waals surface area contributed by atoms with Gasteiger partial charge in [-0.25, -0.2) is 0 Å². The first-order chi connectivity index (χ1) is 7.34. The summed E-state index contributed by atoms with van der Waals surface area (Å²) in [4.78, 5) is 10.9. The minimum absolute atomic E-state index is 0.296. The lowest BCUT2D eigenvalue weighted by Gasteiger charge is -2.09. The van der Waals surface area contributed by atoms with E-state index in [4.69, 9.17) is 0 Å². The van der Waals surface area contributed by atoms with Gasteiger partial charge in [-0.2, -0.15) is 13.2 Å². The number of Topliss-reactive ketones (excluding diaryl/α,β-unsaturated/α-hetero) is 1. The van der Waals surface area contributed by atoms with Gasteiger partial charge in [-0.1, -0.05) is 20.3 Å². The molecule has 0 fully saturated rings. The Morgan fingerprint density at radius 2 is 2.12 bits per heavy atom. The molecule has 0 aromatic carbocycles. The Bertz CT molecular complexity index is 368. The highest BCUT2D eigenvalue weighted by Gasteiger charge is 2.39. The third kappa shape index (κ3) is 3.12. The van der Waals surface area contributed by atoms with Crippen LogP contribution in [0.15, 0.2) is 18.5 Å². The number of hydrogen-bond donors (Lipinski definition) is 0. The first-order valence-electron chi connectivity index (χ1n) is 5.12. The minimum Gasteiger partial charge on any atom is -0.353 e. The number of hydrogen-bond acceptors (Lipinski definition) is 1. The number of nitrogens with zero attached hydrogens (tertiary/aromatic N) is 1. The van der Waals surface area contributed by atoms with Gasteiger partial charge in [-0.05, 0) is 12.0 Å². The van der Waals surface area contributed by atoms with Crippen LogP contribution in [0.3, 0.4) is 0 Å². The van der Waals surface area contributed by atoms with E-state index >= 15 is 0 Å². The van der Waals surface area contributed by atoms with Crippen LogP contribution in [0.25, 0.3) is 0 Å². The molecule has 0 aliphatic carbocycles. The van der Waals surface area contributed by atoms with Crippen molar-refractivity contribution in [2.24, 2.45) is 5.92 Å². The fourth-order valence-corrected chi connectivity index (χ4v) is 1.34. The van der Waals surface area contributed by atoms with Crippen molar-refractivity contribution in [3.8, 4) is 0 Å². The molecular formula is C11H14F3NO.